The number of rotatable bonds is 7. The first-order valence-corrected chi connectivity index (χ1v) is 14.4. The molecule has 3 aliphatic rings. The van der Waals surface area contributed by atoms with E-state index in [1.807, 2.05) is 39.8 Å². The summed E-state index contributed by atoms with van der Waals surface area (Å²) in [5.41, 5.74) is 7.68. The largest absolute Gasteiger partial charge is 0.493 e. The van der Waals surface area contributed by atoms with E-state index in [9.17, 15) is 18.4 Å². The van der Waals surface area contributed by atoms with Gasteiger partial charge in [-0.3, -0.25) is 14.9 Å². The Morgan fingerprint density at radius 3 is 2.71 bits per heavy atom. The molecule has 0 fully saturated rings. The summed E-state index contributed by atoms with van der Waals surface area (Å²) in [5, 5.41) is 5.48. The Morgan fingerprint density at radius 1 is 1.20 bits per heavy atom. The van der Waals surface area contributed by atoms with E-state index in [2.05, 4.69) is 15.6 Å². The number of fused-ring (bicyclic) bond motifs is 2. The SMILES string of the molecule is CC.CC1(C)CC(NC(=O)c2ccc3c(c2)CCCO3)c2cc(CC(F)(F)CCC3CC(=O)NC(N)=N3)ccc2O1. The van der Waals surface area contributed by atoms with Gasteiger partial charge in [-0.25, -0.2) is 13.8 Å². The van der Waals surface area contributed by atoms with Gasteiger partial charge >= 0.3 is 0 Å². The maximum Gasteiger partial charge on any atom is 0.252 e. The van der Waals surface area contributed by atoms with Gasteiger partial charge in [0.2, 0.25) is 5.91 Å². The fourth-order valence-corrected chi connectivity index (χ4v) is 5.50. The Labute approximate surface area is 240 Å². The highest BCUT2D eigenvalue weighted by Crippen LogP contribution is 2.41. The average Bonchev–Trinajstić information content (AvgIpc) is 2.92. The molecule has 8 nitrogen and oxygen atoms in total. The second-order valence-electron chi connectivity index (χ2n) is 11.2. The predicted octanol–water partition coefficient (Wildman–Crippen LogP) is 5.23. The van der Waals surface area contributed by atoms with E-state index >= 15 is 0 Å². The van der Waals surface area contributed by atoms with E-state index in [1.54, 1.807) is 24.3 Å². The van der Waals surface area contributed by atoms with Gasteiger partial charge in [-0.1, -0.05) is 19.9 Å². The van der Waals surface area contributed by atoms with Crippen molar-refractivity contribution in [2.45, 2.75) is 96.2 Å². The lowest BCUT2D eigenvalue weighted by Crippen LogP contribution is -2.43. The lowest BCUT2D eigenvalue weighted by molar-refractivity contribution is -0.120. The van der Waals surface area contributed by atoms with Crippen LogP contribution in [0.2, 0.25) is 0 Å². The first-order valence-electron chi connectivity index (χ1n) is 14.4. The van der Waals surface area contributed by atoms with Crippen molar-refractivity contribution in [2.24, 2.45) is 10.7 Å². The highest BCUT2D eigenvalue weighted by atomic mass is 19.3. The fraction of sp³-hybridized carbons (Fsp3) is 0.516. The van der Waals surface area contributed by atoms with Crippen molar-refractivity contribution >= 4 is 17.8 Å². The second kappa shape index (κ2) is 12.4. The maximum atomic E-state index is 15.0. The van der Waals surface area contributed by atoms with Crippen molar-refractivity contribution in [1.82, 2.24) is 10.6 Å². The summed E-state index contributed by atoms with van der Waals surface area (Å²) in [6, 6.07) is 9.51. The van der Waals surface area contributed by atoms with Gasteiger partial charge in [0.05, 0.1) is 18.7 Å². The number of carbonyl (C=O) groups excluding carboxylic acids is 2. The normalized spacial score (nSPS) is 20.9. The van der Waals surface area contributed by atoms with Crippen LogP contribution in [0.25, 0.3) is 0 Å². The standard InChI is InChI=1S/C29H34F2N4O4.C2H6/c1-28(2)16-22(34-26(37)19-6-8-23-18(13-19)4-3-11-38-23)21-12-17(5-7-24(21)39-28)15-29(30,31)10-9-20-14-25(36)35-27(32)33-20;1-2/h5-8,12-13,20,22H,3-4,9-11,14-16H2,1-2H3,(H,34,37)(H3,32,33,35,36);1-2H3. The Hall–Kier alpha value is -3.69. The minimum atomic E-state index is -3.01. The highest BCUT2D eigenvalue weighted by Gasteiger charge is 2.36. The molecule has 2 amide bonds. The summed E-state index contributed by atoms with van der Waals surface area (Å²) in [6.07, 6.45) is 1.44. The molecule has 3 heterocycles. The van der Waals surface area contributed by atoms with Crippen LogP contribution in [0.4, 0.5) is 8.78 Å². The molecule has 0 saturated heterocycles. The molecule has 0 aliphatic carbocycles. The zero-order valence-electron chi connectivity index (χ0n) is 24.2. The number of alkyl halides is 2. The number of nitrogens with zero attached hydrogens (tertiary/aromatic N) is 1. The summed E-state index contributed by atoms with van der Waals surface area (Å²) in [4.78, 5) is 29.0. The molecular weight excluding hydrogens is 530 g/mol. The molecule has 2 unspecified atom stereocenters. The molecule has 41 heavy (non-hydrogen) atoms. The lowest BCUT2D eigenvalue weighted by atomic mass is 9.87. The van der Waals surface area contributed by atoms with Gasteiger partial charge in [0.15, 0.2) is 5.96 Å². The first-order chi connectivity index (χ1) is 19.5. The van der Waals surface area contributed by atoms with Crippen LogP contribution >= 0.6 is 0 Å². The van der Waals surface area contributed by atoms with Crippen LogP contribution in [0.15, 0.2) is 41.4 Å². The van der Waals surface area contributed by atoms with Gasteiger partial charge in [-0.15, -0.1) is 0 Å². The molecular formula is C31H40F2N4O4. The van der Waals surface area contributed by atoms with E-state index in [1.165, 1.54) is 0 Å². The summed E-state index contributed by atoms with van der Waals surface area (Å²) >= 11 is 0. The highest BCUT2D eigenvalue weighted by molar-refractivity contribution is 5.98. The number of nitrogens with two attached hydrogens (primary N) is 1. The first kappa shape index (κ1) is 30.3. The zero-order chi connectivity index (χ0) is 29.8. The summed E-state index contributed by atoms with van der Waals surface area (Å²) in [5.74, 6) is -2.21. The van der Waals surface area contributed by atoms with Crippen molar-refractivity contribution in [1.29, 1.82) is 0 Å². The molecule has 3 aliphatic heterocycles. The molecule has 2 aromatic carbocycles. The van der Waals surface area contributed by atoms with Crippen molar-refractivity contribution in [3.05, 3.63) is 58.7 Å². The van der Waals surface area contributed by atoms with Gasteiger partial charge in [0, 0.05) is 36.8 Å². The summed E-state index contributed by atoms with van der Waals surface area (Å²) in [7, 11) is 0. The number of ether oxygens (including phenoxy) is 2. The third-order valence-electron chi connectivity index (χ3n) is 7.32. The number of hydrogen-bond acceptors (Lipinski definition) is 6. The van der Waals surface area contributed by atoms with Gasteiger partial charge in [-0.05, 0) is 74.6 Å². The smallest absolute Gasteiger partial charge is 0.252 e. The topological polar surface area (TPSA) is 115 Å². The number of amides is 2. The molecule has 2 atom stereocenters. The van der Waals surface area contributed by atoms with Crippen molar-refractivity contribution in [2.75, 3.05) is 6.61 Å². The quantitative estimate of drug-likeness (QED) is 0.422. The second-order valence-corrected chi connectivity index (χ2v) is 11.2. The molecule has 0 aromatic heterocycles. The number of guanidine groups is 1. The molecule has 5 rings (SSSR count). The van der Waals surface area contributed by atoms with Crippen molar-refractivity contribution in [3.63, 3.8) is 0 Å². The molecule has 10 heteroatoms. The lowest BCUT2D eigenvalue weighted by Gasteiger charge is -2.38. The van der Waals surface area contributed by atoms with Crippen LogP contribution in [-0.4, -0.2) is 41.9 Å². The number of halogens is 2. The number of aliphatic imine (C=N–C) groups is 1. The minimum absolute atomic E-state index is 0.0333. The number of hydrogen-bond donors (Lipinski definition) is 3. The number of aryl methyl sites for hydroxylation is 1. The molecule has 0 saturated carbocycles. The molecule has 0 spiro atoms. The summed E-state index contributed by atoms with van der Waals surface area (Å²) in [6.45, 7) is 8.55. The van der Waals surface area contributed by atoms with Crippen molar-refractivity contribution in [3.8, 4) is 11.5 Å². The minimum Gasteiger partial charge on any atom is -0.493 e. The van der Waals surface area contributed by atoms with Gasteiger partial charge < -0.3 is 20.5 Å². The Balaban J connectivity index is 0.00000189. The Bertz CT molecular complexity index is 1310. The van der Waals surface area contributed by atoms with Crippen LogP contribution in [0.5, 0.6) is 11.5 Å². The Kier molecular flexibility index (Phi) is 9.19. The molecule has 0 bridgehead atoms. The van der Waals surface area contributed by atoms with E-state index in [0.717, 1.165) is 24.2 Å². The van der Waals surface area contributed by atoms with Gasteiger partial charge in [-0.2, -0.15) is 0 Å². The third kappa shape index (κ3) is 7.74. The van der Waals surface area contributed by atoms with Crippen LogP contribution in [0, 0.1) is 0 Å². The number of carbonyl (C=O) groups is 2. The van der Waals surface area contributed by atoms with E-state index in [4.69, 9.17) is 15.2 Å². The van der Waals surface area contributed by atoms with Gasteiger partial charge in [0.1, 0.15) is 17.1 Å². The zero-order valence-corrected chi connectivity index (χ0v) is 24.2. The molecule has 4 N–H and O–H groups in total. The van der Waals surface area contributed by atoms with Crippen LogP contribution < -0.4 is 25.8 Å². The number of benzene rings is 2. The number of nitrogens with one attached hydrogen (secondary N) is 2. The van der Waals surface area contributed by atoms with E-state index in [0.29, 0.717) is 35.5 Å². The molecule has 0 radical (unpaired) electrons. The van der Waals surface area contributed by atoms with Crippen molar-refractivity contribution < 1.29 is 27.8 Å². The molecule has 2 aromatic rings. The Morgan fingerprint density at radius 2 is 1.95 bits per heavy atom. The predicted molar refractivity (Wildman–Crippen MR) is 154 cm³/mol. The van der Waals surface area contributed by atoms with Crippen LogP contribution in [0.3, 0.4) is 0 Å². The van der Waals surface area contributed by atoms with Crippen LogP contribution in [0.1, 0.15) is 92.9 Å². The average molecular weight is 571 g/mol. The van der Waals surface area contributed by atoms with E-state index < -0.39 is 36.4 Å². The summed E-state index contributed by atoms with van der Waals surface area (Å²) < 4.78 is 41.8. The molecule has 222 valence electrons. The maximum absolute atomic E-state index is 15.0. The van der Waals surface area contributed by atoms with Crippen LogP contribution in [-0.2, 0) is 17.6 Å². The van der Waals surface area contributed by atoms with E-state index in [-0.39, 0.29) is 30.6 Å². The fourth-order valence-electron chi connectivity index (χ4n) is 5.50. The monoisotopic (exact) mass is 570 g/mol. The van der Waals surface area contributed by atoms with Gasteiger partial charge in [0.25, 0.3) is 11.8 Å². The third-order valence-corrected chi connectivity index (χ3v) is 7.32.